The zero-order valence-electron chi connectivity index (χ0n) is 17.5. The first-order valence-electron chi connectivity index (χ1n) is 9.59. The van der Waals surface area contributed by atoms with Gasteiger partial charge in [-0.15, -0.1) is 10.2 Å². The number of thioether (sulfide) groups is 1. The maximum Gasteiger partial charge on any atom is 0.236 e. The quantitative estimate of drug-likeness (QED) is 0.571. The SMILES string of the molecule is C[C@@H](Sc1nnc(-c2ccncc2)n1C)C(=O)N(Cc1ccccc1)C(C)(C)C. The summed E-state index contributed by atoms with van der Waals surface area (Å²) in [4.78, 5) is 19.3. The minimum absolute atomic E-state index is 0.0832. The Morgan fingerprint density at radius 1 is 1.10 bits per heavy atom. The molecule has 2 aromatic heterocycles. The summed E-state index contributed by atoms with van der Waals surface area (Å²) in [6.07, 6.45) is 3.46. The summed E-state index contributed by atoms with van der Waals surface area (Å²) < 4.78 is 1.92. The van der Waals surface area contributed by atoms with E-state index in [4.69, 9.17) is 0 Å². The van der Waals surface area contributed by atoms with E-state index >= 15 is 0 Å². The summed E-state index contributed by atoms with van der Waals surface area (Å²) >= 11 is 1.43. The van der Waals surface area contributed by atoms with Gasteiger partial charge in [-0.2, -0.15) is 0 Å². The Morgan fingerprint density at radius 3 is 2.38 bits per heavy atom. The molecule has 0 saturated heterocycles. The lowest BCUT2D eigenvalue weighted by molar-refractivity contribution is -0.135. The molecule has 0 bridgehead atoms. The molecule has 0 unspecified atom stereocenters. The molecule has 2 heterocycles. The van der Waals surface area contributed by atoms with Crippen LogP contribution in [0.15, 0.2) is 60.0 Å². The second-order valence-corrected chi connectivity index (χ2v) is 9.25. The van der Waals surface area contributed by atoms with Crippen LogP contribution in [-0.2, 0) is 18.4 Å². The molecule has 152 valence electrons. The van der Waals surface area contributed by atoms with Crippen molar-refractivity contribution in [2.24, 2.45) is 7.05 Å². The molecule has 6 nitrogen and oxygen atoms in total. The maximum atomic E-state index is 13.3. The first-order chi connectivity index (χ1) is 13.8. The molecule has 1 atom stereocenters. The van der Waals surface area contributed by atoms with Crippen LogP contribution in [0.5, 0.6) is 0 Å². The second kappa shape index (κ2) is 8.78. The van der Waals surface area contributed by atoms with Crippen molar-refractivity contribution in [1.29, 1.82) is 0 Å². The Labute approximate surface area is 176 Å². The summed E-state index contributed by atoms with van der Waals surface area (Å²) in [7, 11) is 1.92. The molecule has 29 heavy (non-hydrogen) atoms. The first kappa shape index (κ1) is 21.0. The average molecular weight is 410 g/mol. The van der Waals surface area contributed by atoms with E-state index in [-0.39, 0.29) is 16.7 Å². The van der Waals surface area contributed by atoms with Crippen LogP contribution in [0, 0.1) is 0 Å². The average Bonchev–Trinajstić information content (AvgIpc) is 3.06. The number of aromatic nitrogens is 4. The van der Waals surface area contributed by atoms with E-state index in [0.29, 0.717) is 11.7 Å². The van der Waals surface area contributed by atoms with Crippen molar-refractivity contribution in [3.8, 4) is 11.4 Å². The summed E-state index contributed by atoms with van der Waals surface area (Å²) in [5.41, 5.74) is 1.77. The third-order valence-electron chi connectivity index (χ3n) is 4.66. The highest BCUT2D eigenvalue weighted by Crippen LogP contribution is 2.28. The highest BCUT2D eigenvalue weighted by Gasteiger charge is 2.31. The summed E-state index contributed by atoms with van der Waals surface area (Å²) in [5.74, 6) is 0.839. The van der Waals surface area contributed by atoms with Crippen LogP contribution in [0.1, 0.15) is 33.3 Å². The molecule has 0 radical (unpaired) electrons. The molecule has 7 heteroatoms. The molecule has 3 rings (SSSR count). The van der Waals surface area contributed by atoms with E-state index < -0.39 is 0 Å². The fourth-order valence-electron chi connectivity index (χ4n) is 3.01. The van der Waals surface area contributed by atoms with Crippen molar-refractivity contribution in [1.82, 2.24) is 24.6 Å². The van der Waals surface area contributed by atoms with Gasteiger partial charge >= 0.3 is 0 Å². The topological polar surface area (TPSA) is 63.9 Å². The van der Waals surface area contributed by atoms with E-state index in [1.54, 1.807) is 12.4 Å². The van der Waals surface area contributed by atoms with Crippen LogP contribution >= 0.6 is 11.8 Å². The van der Waals surface area contributed by atoms with Crippen molar-refractivity contribution in [2.45, 2.75) is 50.2 Å². The molecule has 3 aromatic rings. The molecule has 0 aliphatic heterocycles. The molecule has 1 amide bonds. The highest BCUT2D eigenvalue weighted by atomic mass is 32.2. The molecule has 0 N–H and O–H groups in total. The predicted octanol–water partition coefficient (Wildman–Crippen LogP) is 4.19. The number of benzene rings is 1. The summed E-state index contributed by atoms with van der Waals surface area (Å²) in [6.45, 7) is 8.70. The van der Waals surface area contributed by atoms with Crippen LogP contribution in [-0.4, -0.2) is 41.3 Å². The molecule has 0 spiro atoms. The summed E-state index contributed by atoms with van der Waals surface area (Å²) in [5, 5.41) is 9.03. The molecular formula is C22H27N5OS. The number of carbonyl (C=O) groups is 1. The largest absolute Gasteiger partial charge is 0.333 e. The van der Waals surface area contributed by atoms with Crippen molar-refractivity contribution in [3.05, 3.63) is 60.4 Å². The van der Waals surface area contributed by atoms with Gasteiger partial charge in [0.05, 0.1) is 5.25 Å². The first-order valence-corrected chi connectivity index (χ1v) is 10.5. The van der Waals surface area contributed by atoms with Gasteiger partial charge in [-0.05, 0) is 45.4 Å². The number of carbonyl (C=O) groups excluding carboxylic acids is 1. The standard InChI is InChI=1S/C22H27N5OS/c1-16(20(28)27(22(2,3)4)15-17-9-7-6-8-10-17)29-21-25-24-19(26(21)5)18-11-13-23-14-12-18/h6-14,16H,15H2,1-5H3/t16-/m1/s1. The Bertz CT molecular complexity index is 950. The van der Waals surface area contributed by atoms with E-state index in [2.05, 4.69) is 36.0 Å². The number of hydrogen-bond acceptors (Lipinski definition) is 5. The van der Waals surface area contributed by atoms with Gasteiger partial charge in [-0.3, -0.25) is 9.78 Å². The van der Waals surface area contributed by atoms with Gasteiger partial charge in [-0.1, -0.05) is 42.1 Å². The predicted molar refractivity (Wildman–Crippen MR) is 116 cm³/mol. The minimum Gasteiger partial charge on any atom is -0.333 e. The van der Waals surface area contributed by atoms with Gasteiger partial charge in [0.2, 0.25) is 5.91 Å². The smallest absolute Gasteiger partial charge is 0.236 e. The fourth-order valence-corrected chi connectivity index (χ4v) is 3.89. The third kappa shape index (κ3) is 5.03. The number of rotatable bonds is 6. The molecular weight excluding hydrogens is 382 g/mol. The van der Waals surface area contributed by atoms with Crippen LogP contribution in [0.25, 0.3) is 11.4 Å². The fraction of sp³-hybridized carbons (Fsp3) is 0.364. The van der Waals surface area contributed by atoms with E-state index in [1.165, 1.54) is 11.8 Å². The van der Waals surface area contributed by atoms with E-state index in [0.717, 1.165) is 17.0 Å². The Morgan fingerprint density at radius 2 is 1.76 bits per heavy atom. The second-order valence-electron chi connectivity index (χ2n) is 7.94. The number of nitrogens with zero attached hydrogens (tertiary/aromatic N) is 5. The van der Waals surface area contributed by atoms with Gasteiger partial charge in [0, 0.05) is 37.1 Å². The molecule has 0 aliphatic rings. The lowest BCUT2D eigenvalue weighted by Crippen LogP contribution is -2.48. The molecule has 0 fully saturated rings. The number of amides is 1. The highest BCUT2D eigenvalue weighted by molar-refractivity contribution is 8.00. The number of hydrogen-bond donors (Lipinski definition) is 0. The van der Waals surface area contributed by atoms with Gasteiger partial charge in [0.1, 0.15) is 0 Å². The van der Waals surface area contributed by atoms with Gasteiger partial charge < -0.3 is 9.47 Å². The van der Waals surface area contributed by atoms with Crippen molar-refractivity contribution >= 4 is 17.7 Å². The number of pyridine rings is 1. The maximum absolute atomic E-state index is 13.3. The van der Waals surface area contributed by atoms with Crippen LogP contribution in [0.2, 0.25) is 0 Å². The molecule has 0 saturated carbocycles. The zero-order valence-corrected chi connectivity index (χ0v) is 18.3. The Balaban J connectivity index is 1.77. The zero-order chi connectivity index (χ0) is 21.0. The third-order valence-corrected chi connectivity index (χ3v) is 5.78. The van der Waals surface area contributed by atoms with Crippen molar-refractivity contribution in [2.75, 3.05) is 0 Å². The van der Waals surface area contributed by atoms with Gasteiger partial charge in [-0.25, -0.2) is 0 Å². The van der Waals surface area contributed by atoms with Crippen LogP contribution in [0.4, 0.5) is 0 Å². The van der Waals surface area contributed by atoms with Crippen LogP contribution in [0.3, 0.4) is 0 Å². The Hall–Kier alpha value is -2.67. The van der Waals surface area contributed by atoms with Gasteiger partial charge in [0.15, 0.2) is 11.0 Å². The molecule has 0 aliphatic carbocycles. The van der Waals surface area contributed by atoms with E-state index in [9.17, 15) is 4.79 Å². The normalized spacial score (nSPS) is 12.6. The van der Waals surface area contributed by atoms with Gasteiger partial charge in [0.25, 0.3) is 0 Å². The van der Waals surface area contributed by atoms with Crippen LogP contribution < -0.4 is 0 Å². The lowest BCUT2D eigenvalue weighted by atomic mass is 10.0. The Kier molecular flexibility index (Phi) is 6.37. The monoisotopic (exact) mass is 409 g/mol. The molecule has 1 aromatic carbocycles. The lowest BCUT2D eigenvalue weighted by Gasteiger charge is -2.37. The minimum atomic E-state index is -0.288. The van der Waals surface area contributed by atoms with Crippen molar-refractivity contribution in [3.63, 3.8) is 0 Å². The van der Waals surface area contributed by atoms with Crippen molar-refractivity contribution < 1.29 is 4.79 Å². The summed E-state index contributed by atoms with van der Waals surface area (Å²) in [6, 6.07) is 13.9. The van der Waals surface area contributed by atoms with E-state index in [1.807, 2.05) is 65.9 Å².